The third-order valence-corrected chi connectivity index (χ3v) is 3.51. The van der Waals surface area contributed by atoms with Crippen LogP contribution in [-0.2, 0) is 6.54 Å². The quantitative estimate of drug-likeness (QED) is 0.277. The Morgan fingerprint density at radius 1 is 1.08 bits per heavy atom. The van der Waals surface area contributed by atoms with Crippen LogP contribution in [0.3, 0.4) is 0 Å². The first kappa shape index (κ1) is 21.4. The smallest absolute Gasteiger partial charge is 0.191 e. The first-order valence-electron chi connectivity index (χ1n) is 7.67. The van der Waals surface area contributed by atoms with Gasteiger partial charge >= 0.3 is 0 Å². The molecule has 0 bridgehead atoms. The van der Waals surface area contributed by atoms with Gasteiger partial charge in [-0.1, -0.05) is 29.8 Å². The maximum absolute atomic E-state index is 5.98. The second kappa shape index (κ2) is 11.8. The lowest BCUT2D eigenvalue weighted by Gasteiger charge is -2.13. The maximum atomic E-state index is 5.98. The second-order valence-electron chi connectivity index (χ2n) is 5.01. The van der Waals surface area contributed by atoms with E-state index in [9.17, 15) is 0 Å². The molecule has 2 aromatic rings. The third-order valence-electron chi connectivity index (χ3n) is 3.28. The molecule has 2 N–H and O–H groups in total. The molecule has 0 saturated heterocycles. The van der Waals surface area contributed by atoms with Gasteiger partial charge in [0, 0.05) is 24.7 Å². The van der Waals surface area contributed by atoms with Gasteiger partial charge in [0.05, 0.1) is 13.7 Å². The fraction of sp³-hybridized carbons (Fsp3) is 0.278. The zero-order chi connectivity index (χ0) is 17.2. The minimum absolute atomic E-state index is 0. The van der Waals surface area contributed by atoms with Gasteiger partial charge in [0.2, 0.25) is 0 Å². The standard InChI is InChI=1S/C18H22ClN3O2.HI/c1-20-18(22-13-14-5-3-6-15(19)11-14)21-9-10-24-17-8-4-7-16(12-17)23-2;/h3-8,11-12H,9-10,13H2,1-2H3,(H2,20,21,22);1H. The molecular formula is C18H23ClIN3O2. The van der Waals surface area contributed by atoms with E-state index in [-0.39, 0.29) is 24.0 Å². The fourth-order valence-corrected chi connectivity index (χ4v) is 2.30. The van der Waals surface area contributed by atoms with E-state index in [0.717, 1.165) is 22.1 Å². The van der Waals surface area contributed by atoms with E-state index in [1.165, 1.54) is 0 Å². The number of nitrogens with one attached hydrogen (secondary N) is 2. The van der Waals surface area contributed by atoms with Crippen LogP contribution >= 0.6 is 35.6 Å². The molecule has 25 heavy (non-hydrogen) atoms. The number of benzene rings is 2. The molecule has 0 spiro atoms. The minimum atomic E-state index is 0. The van der Waals surface area contributed by atoms with Crippen LogP contribution in [0.1, 0.15) is 5.56 Å². The number of nitrogens with zero attached hydrogens (tertiary/aromatic N) is 1. The van der Waals surface area contributed by atoms with Crippen molar-refractivity contribution in [3.8, 4) is 11.5 Å². The number of aliphatic imine (C=N–C) groups is 1. The molecule has 0 atom stereocenters. The molecule has 0 aliphatic heterocycles. The van der Waals surface area contributed by atoms with Gasteiger partial charge in [-0.15, -0.1) is 24.0 Å². The van der Waals surface area contributed by atoms with E-state index < -0.39 is 0 Å². The van der Waals surface area contributed by atoms with Gasteiger partial charge in [0.1, 0.15) is 18.1 Å². The number of guanidine groups is 1. The number of rotatable bonds is 7. The Kier molecular flexibility index (Phi) is 10.1. The van der Waals surface area contributed by atoms with Crippen molar-refractivity contribution in [1.82, 2.24) is 10.6 Å². The molecule has 136 valence electrons. The van der Waals surface area contributed by atoms with Crippen LogP contribution in [0.5, 0.6) is 11.5 Å². The van der Waals surface area contributed by atoms with Crippen LogP contribution in [0.15, 0.2) is 53.5 Å². The van der Waals surface area contributed by atoms with Crippen molar-refractivity contribution in [2.24, 2.45) is 4.99 Å². The normalized spacial score (nSPS) is 10.6. The average molecular weight is 476 g/mol. The summed E-state index contributed by atoms with van der Waals surface area (Å²) in [6.07, 6.45) is 0. The van der Waals surface area contributed by atoms with Gasteiger partial charge < -0.3 is 20.1 Å². The van der Waals surface area contributed by atoms with Crippen LogP contribution < -0.4 is 20.1 Å². The van der Waals surface area contributed by atoms with Crippen molar-refractivity contribution in [1.29, 1.82) is 0 Å². The molecule has 2 aromatic carbocycles. The van der Waals surface area contributed by atoms with Crippen molar-refractivity contribution in [3.63, 3.8) is 0 Å². The molecule has 0 radical (unpaired) electrons. The Balaban J connectivity index is 0.00000312. The third kappa shape index (κ3) is 7.83. The first-order chi connectivity index (χ1) is 11.7. The number of hydrogen-bond acceptors (Lipinski definition) is 3. The lowest BCUT2D eigenvalue weighted by atomic mass is 10.2. The molecule has 7 heteroatoms. The van der Waals surface area contributed by atoms with Gasteiger partial charge in [-0.25, -0.2) is 0 Å². The molecule has 2 rings (SSSR count). The molecule has 0 amide bonds. The Morgan fingerprint density at radius 3 is 2.56 bits per heavy atom. The summed E-state index contributed by atoms with van der Waals surface area (Å²) in [6, 6.07) is 15.2. The molecule has 0 aliphatic carbocycles. The highest BCUT2D eigenvalue weighted by Crippen LogP contribution is 2.18. The summed E-state index contributed by atoms with van der Waals surface area (Å²) in [7, 11) is 3.37. The molecule has 0 aliphatic rings. The monoisotopic (exact) mass is 475 g/mol. The van der Waals surface area contributed by atoms with Crippen LogP contribution in [0, 0.1) is 0 Å². The van der Waals surface area contributed by atoms with E-state index in [0.29, 0.717) is 25.7 Å². The average Bonchev–Trinajstić information content (AvgIpc) is 2.61. The zero-order valence-electron chi connectivity index (χ0n) is 14.3. The van der Waals surface area contributed by atoms with Crippen molar-refractivity contribution in [3.05, 3.63) is 59.1 Å². The molecule has 0 unspecified atom stereocenters. The molecule has 0 aromatic heterocycles. The lowest BCUT2D eigenvalue weighted by molar-refractivity contribution is 0.319. The Bertz CT molecular complexity index is 683. The maximum Gasteiger partial charge on any atom is 0.191 e. The first-order valence-corrected chi connectivity index (χ1v) is 8.05. The predicted molar refractivity (Wildman–Crippen MR) is 114 cm³/mol. The summed E-state index contributed by atoms with van der Waals surface area (Å²) in [4.78, 5) is 4.18. The summed E-state index contributed by atoms with van der Waals surface area (Å²) in [6.45, 7) is 1.80. The van der Waals surface area contributed by atoms with Crippen LogP contribution in [0.4, 0.5) is 0 Å². The Morgan fingerprint density at radius 2 is 1.84 bits per heavy atom. The minimum Gasteiger partial charge on any atom is -0.497 e. The van der Waals surface area contributed by atoms with Crippen molar-refractivity contribution in [2.45, 2.75) is 6.54 Å². The van der Waals surface area contributed by atoms with Crippen molar-refractivity contribution < 1.29 is 9.47 Å². The van der Waals surface area contributed by atoms with Gasteiger partial charge in [0.25, 0.3) is 0 Å². The van der Waals surface area contributed by atoms with Crippen molar-refractivity contribution in [2.75, 3.05) is 27.3 Å². The summed E-state index contributed by atoms with van der Waals surface area (Å²) >= 11 is 5.98. The van der Waals surface area contributed by atoms with E-state index in [2.05, 4.69) is 15.6 Å². The van der Waals surface area contributed by atoms with Crippen LogP contribution in [0.25, 0.3) is 0 Å². The number of ether oxygens (including phenoxy) is 2. The number of halogens is 2. The topological polar surface area (TPSA) is 54.9 Å². The molecule has 5 nitrogen and oxygen atoms in total. The summed E-state index contributed by atoms with van der Waals surface area (Å²) < 4.78 is 10.8. The number of hydrogen-bond donors (Lipinski definition) is 2. The molecular weight excluding hydrogens is 453 g/mol. The Hall–Kier alpha value is -1.67. The highest BCUT2D eigenvalue weighted by molar-refractivity contribution is 14.0. The van der Waals surface area contributed by atoms with Crippen LogP contribution in [0.2, 0.25) is 5.02 Å². The largest absolute Gasteiger partial charge is 0.497 e. The second-order valence-corrected chi connectivity index (χ2v) is 5.45. The number of methoxy groups -OCH3 is 1. The summed E-state index contributed by atoms with van der Waals surface area (Å²) in [5, 5.41) is 7.16. The van der Waals surface area contributed by atoms with Gasteiger partial charge in [-0.3, -0.25) is 4.99 Å². The van der Waals surface area contributed by atoms with Gasteiger partial charge in [-0.2, -0.15) is 0 Å². The highest BCUT2D eigenvalue weighted by atomic mass is 127. The highest BCUT2D eigenvalue weighted by Gasteiger charge is 2.00. The van der Waals surface area contributed by atoms with E-state index in [1.54, 1.807) is 14.2 Å². The summed E-state index contributed by atoms with van der Waals surface area (Å²) in [5.41, 5.74) is 1.10. The van der Waals surface area contributed by atoms with Crippen LogP contribution in [-0.4, -0.2) is 33.3 Å². The lowest BCUT2D eigenvalue weighted by Crippen LogP contribution is -2.38. The Labute approximate surface area is 170 Å². The molecule has 0 heterocycles. The zero-order valence-corrected chi connectivity index (χ0v) is 17.4. The fourth-order valence-electron chi connectivity index (χ4n) is 2.08. The van der Waals surface area contributed by atoms with Gasteiger partial charge in [0.15, 0.2) is 5.96 Å². The predicted octanol–water partition coefficient (Wildman–Crippen LogP) is 3.71. The van der Waals surface area contributed by atoms with Crippen molar-refractivity contribution >= 4 is 41.5 Å². The van der Waals surface area contributed by atoms with E-state index >= 15 is 0 Å². The van der Waals surface area contributed by atoms with E-state index in [4.69, 9.17) is 21.1 Å². The summed E-state index contributed by atoms with van der Waals surface area (Å²) in [5.74, 6) is 2.27. The van der Waals surface area contributed by atoms with E-state index in [1.807, 2.05) is 48.5 Å². The molecule has 0 saturated carbocycles. The van der Waals surface area contributed by atoms with Gasteiger partial charge in [-0.05, 0) is 29.8 Å². The molecule has 0 fully saturated rings. The SMILES string of the molecule is CN=C(NCCOc1cccc(OC)c1)NCc1cccc(Cl)c1.I.